The van der Waals surface area contributed by atoms with Crippen LogP contribution in [-0.2, 0) is 4.79 Å². The molecule has 0 radical (unpaired) electrons. The highest BCUT2D eigenvalue weighted by Crippen LogP contribution is 2.34. The van der Waals surface area contributed by atoms with E-state index in [2.05, 4.69) is 11.8 Å². The molecule has 2 heterocycles. The van der Waals surface area contributed by atoms with Gasteiger partial charge in [0.15, 0.2) is 0 Å². The molecule has 4 rings (SSSR count). The van der Waals surface area contributed by atoms with E-state index in [4.69, 9.17) is 5.10 Å². The van der Waals surface area contributed by atoms with Crippen LogP contribution in [0, 0.1) is 23.0 Å². The standard InChI is InChI=1S/C25H30N4O3/c1-18-6-8-20(9-7-18)23-17-24(21-4-3-5-22(16-21)29(31)32)28(26-23)25(30)12-15-27-13-10-19(2)11-14-27/h3-9,16,19,24H,10-15,17H2,1-2H3/t24-/m1/s1. The number of hydrogen-bond acceptors (Lipinski definition) is 5. The Hall–Kier alpha value is -3.06. The predicted molar refractivity (Wildman–Crippen MR) is 124 cm³/mol. The van der Waals surface area contributed by atoms with E-state index in [-0.39, 0.29) is 17.6 Å². The summed E-state index contributed by atoms with van der Waals surface area (Å²) in [5.74, 6) is 0.711. The molecule has 7 heteroatoms. The van der Waals surface area contributed by atoms with Crippen molar-refractivity contribution < 1.29 is 9.72 Å². The van der Waals surface area contributed by atoms with Crippen molar-refractivity contribution in [3.8, 4) is 0 Å². The molecule has 2 aliphatic rings. The first kappa shape index (κ1) is 22.1. The molecule has 168 valence electrons. The average Bonchev–Trinajstić information content (AvgIpc) is 3.25. The zero-order valence-electron chi connectivity index (χ0n) is 18.7. The zero-order valence-corrected chi connectivity index (χ0v) is 18.7. The normalized spacial score (nSPS) is 19.8. The van der Waals surface area contributed by atoms with Gasteiger partial charge in [-0.05, 0) is 49.9 Å². The molecule has 7 nitrogen and oxygen atoms in total. The highest BCUT2D eigenvalue weighted by atomic mass is 16.6. The number of piperidine rings is 1. The maximum atomic E-state index is 13.2. The molecule has 2 aromatic rings. The number of hydrazone groups is 1. The maximum absolute atomic E-state index is 13.2. The molecule has 0 N–H and O–H groups in total. The maximum Gasteiger partial charge on any atom is 0.269 e. The van der Waals surface area contributed by atoms with Gasteiger partial charge in [-0.25, -0.2) is 5.01 Å². The van der Waals surface area contributed by atoms with Gasteiger partial charge in [0.1, 0.15) is 0 Å². The van der Waals surface area contributed by atoms with E-state index >= 15 is 0 Å². The van der Waals surface area contributed by atoms with Crippen molar-refractivity contribution in [3.63, 3.8) is 0 Å². The lowest BCUT2D eigenvalue weighted by Crippen LogP contribution is -2.36. The van der Waals surface area contributed by atoms with Crippen molar-refractivity contribution in [2.75, 3.05) is 19.6 Å². The molecule has 1 fully saturated rings. The molecule has 32 heavy (non-hydrogen) atoms. The second-order valence-corrected chi connectivity index (χ2v) is 9.00. The van der Waals surface area contributed by atoms with Crippen LogP contribution in [0.4, 0.5) is 5.69 Å². The van der Waals surface area contributed by atoms with Crippen molar-refractivity contribution in [2.45, 2.75) is 45.6 Å². The average molecular weight is 435 g/mol. The fourth-order valence-corrected chi connectivity index (χ4v) is 4.42. The lowest BCUT2D eigenvalue weighted by molar-refractivity contribution is -0.384. The van der Waals surface area contributed by atoms with Crippen molar-refractivity contribution in [3.05, 3.63) is 75.3 Å². The van der Waals surface area contributed by atoms with E-state index in [0.717, 1.165) is 48.0 Å². The Morgan fingerprint density at radius 1 is 1.16 bits per heavy atom. The van der Waals surface area contributed by atoms with E-state index in [1.807, 2.05) is 37.3 Å². The van der Waals surface area contributed by atoms with Gasteiger partial charge in [-0.2, -0.15) is 5.10 Å². The van der Waals surface area contributed by atoms with Crippen LogP contribution in [0.15, 0.2) is 53.6 Å². The van der Waals surface area contributed by atoms with Crippen molar-refractivity contribution >= 4 is 17.3 Å². The van der Waals surface area contributed by atoms with Gasteiger partial charge < -0.3 is 4.90 Å². The molecule has 0 unspecified atom stereocenters. The number of likely N-dealkylation sites (tertiary alicyclic amines) is 1. The summed E-state index contributed by atoms with van der Waals surface area (Å²) in [6.07, 6.45) is 3.27. The Labute approximate surface area is 188 Å². The van der Waals surface area contributed by atoms with Gasteiger partial charge in [0, 0.05) is 31.5 Å². The van der Waals surface area contributed by atoms with Crippen LogP contribution >= 0.6 is 0 Å². The molecule has 0 aromatic heterocycles. The second-order valence-electron chi connectivity index (χ2n) is 9.00. The molecule has 1 atom stereocenters. The monoisotopic (exact) mass is 434 g/mol. The number of amides is 1. The number of carbonyl (C=O) groups is 1. The van der Waals surface area contributed by atoms with Gasteiger partial charge in [0.05, 0.1) is 16.7 Å². The first-order chi connectivity index (χ1) is 15.4. The van der Waals surface area contributed by atoms with Crippen molar-refractivity contribution in [1.29, 1.82) is 0 Å². The molecule has 0 bridgehead atoms. The largest absolute Gasteiger partial charge is 0.303 e. The molecular weight excluding hydrogens is 404 g/mol. The number of hydrogen-bond donors (Lipinski definition) is 0. The van der Waals surface area contributed by atoms with Gasteiger partial charge in [0.25, 0.3) is 5.69 Å². The molecule has 0 saturated carbocycles. The summed E-state index contributed by atoms with van der Waals surface area (Å²) >= 11 is 0. The summed E-state index contributed by atoms with van der Waals surface area (Å²) in [4.78, 5) is 26.5. The van der Waals surface area contributed by atoms with Crippen LogP contribution in [0.2, 0.25) is 0 Å². The number of benzene rings is 2. The van der Waals surface area contributed by atoms with Crippen LogP contribution in [0.25, 0.3) is 0 Å². The fraction of sp³-hybridized carbons (Fsp3) is 0.440. The lowest BCUT2D eigenvalue weighted by atomic mass is 9.97. The van der Waals surface area contributed by atoms with Gasteiger partial charge in [-0.15, -0.1) is 0 Å². The topological polar surface area (TPSA) is 79.0 Å². The van der Waals surface area contributed by atoms with Crippen LogP contribution in [0.1, 0.15) is 55.3 Å². The SMILES string of the molecule is Cc1ccc(C2=NN(C(=O)CCN3CCC(C)CC3)[C@@H](c3cccc([N+](=O)[O-])c3)C2)cc1. The lowest BCUT2D eigenvalue weighted by Gasteiger charge is -2.30. The number of nitro groups is 1. The molecule has 2 aliphatic heterocycles. The van der Waals surface area contributed by atoms with E-state index in [1.54, 1.807) is 17.1 Å². The number of nitro benzene ring substituents is 1. The minimum Gasteiger partial charge on any atom is -0.303 e. The predicted octanol–water partition coefficient (Wildman–Crippen LogP) is 4.70. The van der Waals surface area contributed by atoms with E-state index in [1.165, 1.54) is 18.9 Å². The summed E-state index contributed by atoms with van der Waals surface area (Å²) in [6, 6.07) is 14.3. The zero-order chi connectivity index (χ0) is 22.7. The number of nitrogens with zero attached hydrogens (tertiary/aromatic N) is 4. The molecular formula is C25H30N4O3. The third-order valence-electron chi connectivity index (χ3n) is 6.53. The van der Waals surface area contributed by atoms with Crippen LogP contribution in [0.3, 0.4) is 0 Å². The number of non-ortho nitro benzene ring substituents is 1. The highest BCUT2D eigenvalue weighted by Gasteiger charge is 2.34. The third kappa shape index (κ3) is 5.05. The first-order valence-corrected chi connectivity index (χ1v) is 11.3. The Morgan fingerprint density at radius 3 is 2.56 bits per heavy atom. The van der Waals surface area contributed by atoms with Crippen LogP contribution < -0.4 is 0 Å². The third-order valence-corrected chi connectivity index (χ3v) is 6.53. The summed E-state index contributed by atoms with van der Waals surface area (Å²) in [5.41, 5.74) is 3.74. The molecule has 1 amide bonds. The number of rotatable bonds is 6. The van der Waals surface area contributed by atoms with Crippen LogP contribution in [-0.4, -0.2) is 46.1 Å². The first-order valence-electron chi connectivity index (χ1n) is 11.3. The second kappa shape index (κ2) is 9.61. The van der Waals surface area contributed by atoms with Gasteiger partial charge in [-0.1, -0.05) is 48.9 Å². The highest BCUT2D eigenvalue weighted by molar-refractivity contribution is 6.03. The molecule has 2 aromatic carbocycles. The van der Waals surface area contributed by atoms with Gasteiger partial charge in [-0.3, -0.25) is 14.9 Å². The van der Waals surface area contributed by atoms with Gasteiger partial charge >= 0.3 is 0 Å². The number of aryl methyl sites for hydroxylation is 1. The quantitative estimate of drug-likeness (QED) is 0.487. The number of carbonyl (C=O) groups excluding carboxylic acids is 1. The Balaban J connectivity index is 1.55. The van der Waals surface area contributed by atoms with E-state index in [0.29, 0.717) is 12.8 Å². The van der Waals surface area contributed by atoms with E-state index in [9.17, 15) is 14.9 Å². The van der Waals surface area contributed by atoms with Crippen LogP contribution in [0.5, 0.6) is 0 Å². The molecule has 1 saturated heterocycles. The van der Waals surface area contributed by atoms with E-state index < -0.39 is 4.92 Å². The minimum atomic E-state index is -0.399. The Bertz CT molecular complexity index is 1010. The van der Waals surface area contributed by atoms with Crippen molar-refractivity contribution in [1.82, 2.24) is 9.91 Å². The smallest absolute Gasteiger partial charge is 0.269 e. The summed E-state index contributed by atoms with van der Waals surface area (Å²) in [6.45, 7) is 7.08. The Morgan fingerprint density at radius 2 is 1.88 bits per heavy atom. The minimum absolute atomic E-state index is 0.0288. The summed E-state index contributed by atoms with van der Waals surface area (Å²) < 4.78 is 0. The summed E-state index contributed by atoms with van der Waals surface area (Å²) in [5, 5.41) is 17.6. The summed E-state index contributed by atoms with van der Waals surface area (Å²) in [7, 11) is 0. The van der Waals surface area contributed by atoms with Gasteiger partial charge in [0.2, 0.25) is 5.91 Å². The molecule has 0 aliphatic carbocycles. The van der Waals surface area contributed by atoms with Crippen molar-refractivity contribution in [2.24, 2.45) is 11.0 Å². The fourth-order valence-electron chi connectivity index (χ4n) is 4.42. The molecule has 0 spiro atoms. The Kier molecular flexibility index (Phi) is 6.65.